The van der Waals surface area contributed by atoms with E-state index in [9.17, 15) is 9.59 Å². The van der Waals surface area contributed by atoms with E-state index in [1.165, 1.54) is 0 Å². The second kappa shape index (κ2) is 7.30. The Labute approximate surface area is 146 Å². The lowest BCUT2D eigenvalue weighted by molar-refractivity contribution is -0.152. The molecule has 1 aliphatic carbocycles. The Bertz CT molecular complexity index is 834. The van der Waals surface area contributed by atoms with Crippen molar-refractivity contribution < 1.29 is 18.7 Å². The van der Waals surface area contributed by atoms with Crippen LogP contribution < -0.4 is 10.4 Å². The van der Waals surface area contributed by atoms with Crippen LogP contribution in [-0.4, -0.2) is 18.7 Å². The molecule has 1 aromatic carbocycles. The number of hydrogen-bond acceptors (Lipinski definition) is 5. The van der Waals surface area contributed by atoms with Gasteiger partial charge in [0.25, 0.3) is 0 Å². The molecular formula is C20H24O5. The van der Waals surface area contributed by atoms with Crippen molar-refractivity contribution >= 4 is 16.9 Å². The molecule has 3 rings (SSSR count). The average molecular weight is 344 g/mol. The summed E-state index contributed by atoms with van der Waals surface area (Å²) in [6.07, 6.45) is 3.07. The third-order valence-electron chi connectivity index (χ3n) is 4.40. The first kappa shape index (κ1) is 17.5. The number of rotatable bonds is 5. The molecule has 1 atom stereocenters. The van der Waals surface area contributed by atoms with Gasteiger partial charge in [0.05, 0.1) is 6.61 Å². The number of esters is 1. The molecule has 0 amide bonds. The fraction of sp³-hybridized carbons (Fsp3) is 0.500. The molecule has 0 N–H and O–H groups in total. The van der Waals surface area contributed by atoms with E-state index < -0.39 is 12.1 Å². The van der Waals surface area contributed by atoms with Gasteiger partial charge in [0.2, 0.25) is 0 Å². The maximum Gasteiger partial charge on any atom is 0.347 e. The number of hydrogen-bond donors (Lipinski definition) is 0. The number of aryl methyl sites for hydroxylation is 1. The second-order valence-electron chi connectivity index (χ2n) is 7.00. The summed E-state index contributed by atoms with van der Waals surface area (Å²) in [6, 6.07) is 5.39. The highest BCUT2D eigenvalue weighted by Crippen LogP contribution is 2.29. The van der Waals surface area contributed by atoms with Gasteiger partial charge >= 0.3 is 11.6 Å². The van der Waals surface area contributed by atoms with Gasteiger partial charge in [-0.1, -0.05) is 13.8 Å². The van der Waals surface area contributed by atoms with E-state index in [1.54, 1.807) is 13.0 Å². The fourth-order valence-electron chi connectivity index (χ4n) is 3.12. The minimum Gasteiger partial charge on any atom is -0.479 e. The highest BCUT2D eigenvalue weighted by atomic mass is 16.6. The third kappa shape index (κ3) is 3.86. The summed E-state index contributed by atoms with van der Waals surface area (Å²) in [4.78, 5) is 24.1. The number of benzene rings is 1. The lowest BCUT2D eigenvalue weighted by Gasteiger charge is -2.17. The van der Waals surface area contributed by atoms with E-state index in [2.05, 4.69) is 0 Å². The van der Waals surface area contributed by atoms with Crippen molar-refractivity contribution in [3.05, 3.63) is 39.7 Å². The standard InChI is InChI=1S/C20H24O5/c1-12(2)11-23-19(21)13(3)24-14-8-9-16-15-6-4-5-7-17(15)20(22)25-18(16)10-14/h8-10,12-13H,4-7,11H2,1-3H3/t13-/m1/s1. The molecule has 0 fully saturated rings. The summed E-state index contributed by atoms with van der Waals surface area (Å²) in [5.74, 6) is 0.360. The van der Waals surface area contributed by atoms with Crippen LogP contribution in [0.25, 0.3) is 11.0 Å². The van der Waals surface area contributed by atoms with E-state index in [0.29, 0.717) is 17.9 Å². The van der Waals surface area contributed by atoms with Crippen LogP contribution >= 0.6 is 0 Å². The van der Waals surface area contributed by atoms with Gasteiger partial charge in [0, 0.05) is 17.0 Å². The molecule has 5 heteroatoms. The average Bonchev–Trinajstić information content (AvgIpc) is 2.59. The molecule has 0 radical (unpaired) electrons. The largest absolute Gasteiger partial charge is 0.479 e. The minimum absolute atomic E-state index is 0.260. The summed E-state index contributed by atoms with van der Waals surface area (Å²) in [6.45, 7) is 5.97. The smallest absolute Gasteiger partial charge is 0.347 e. The molecule has 0 aliphatic heterocycles. The quantitative estimate of drug-likeness (QED) is 0.612. The first-order chi connectivity index (χ1) is 12.0. The van der Waals surface area contributed by atoms with Gasteiger partial charge < -0.3 is 13.9 Å². The molecule has 1 aliphatic rings. The molecule has 0 bridgehead atoms. The lowest BCUT2D eigenvalue weighted by atomic mass is 9.91. The molecule has 0 unspecified atom stereocenters. The number of carbonyl (C=O) groups is 1. The summed E-state index contributed by atoms with van der Waals surface area (Å²) in [5.41, 5.74) is 2.14. The highest BCUT2D eigenvalue weighted by Gasteiger charge is 2.20. The summed E-state index contributed by atoms with van der Waals surface area (Å²) in [7, 11) is 0. The molecule has 25 heavy (non-hydrogen) atoms. The van der Waals surface area contributed by atoms with Crippen molar-refractivity contribution in [2.24, 2.45) is 5.92 Å². The van der Waals surface area contributed by atoms with Gasteiger partial charge in [-0.25, -0.2) is 9.59 Å². The Kier molecular flexibility index (Phi) is 5.11. The number of carbonyl (C=O) groups excluding carboxylic acids is 1. The van der Waals surface area contributed by atoms with E-state index in [1.807, 2.05) is 26.0 Å². The molecule has 0 saturated heterocycles. The Morgan fingerprint density at radius 2 is 1.88 bits per heavy atom. The monoisotopic (exact) mass is 344 g/mol. The Morgan fingerprint density at radius 1 is 1.16 bits per heavy atom. The van der Waals surface area contributed by atoms with Crippen LogP contribution in [0.5, 0.6) is 5.75 Å². The van der Waals surface area contributed by atoms with Crippen LogP contribution in [0.2, 0.25) is 0 Å². The zero-order chi connectivity index (χ0) is 18.0. The van der Waals surface area contributed by atoms with Crippen LogP contribution in [0.3, 0.4) is 0 Å². The SMILES string of the molecule is CC(C)COC(=O)[C@@H](C)Oc1ccc2c3c(c(=O)oc2c1)CCCC3. The Hall–Kier alpha value is -2.30. The van der Waals surface area contributed by atoms with Crippen molar-refractivity contribution in [1.29, 1.82) is 0 Å². The molecule has 134 valence electrons. The van der Waals surface area contributed by atoms with Crippen molar-refractivity contribution in [2.75, 3.05) is 6.61 Å². The van der Waals surface area contributed by atoms with E-state index in [-0.39, 0.29) is 11.5 Å². The topological polar surface area (TPSA) is 65.7 Å². The van der Waals surface area contributed by atoms with Crippen LogP contribution in [0, 0.1) is 5.92 Å². The van der Waals surface area contributed by atoms with Gasteiger partial charge in [-0.15, -0.1) is 0 Å². The normalized spacial score (nSPS) is 15.0. The Balaban J connectivity index is 1.82. The summed E-state index contributed by atoms with van der Waals surface area (Å²) in [5, 5.41) is 0.955. The first-order valence-electron chi connectivity index (χ1n) is 8.87. The molecule has 1 aromatic heterocycles. The van der Waals surface area contributed by atoms with E-state index in [4.69, 9.17) is 13.9 Å². The van der Waals surface area contributed by atoms with Gasteiger partial charge in [-0.2, -0.15) is 0 Å². The zero-order valence-corrected chi connectivity index (χ0v) is 15.0. The Morgan fingerprint density at radius 3 is 2.60 bits per heavy atom. The van der Waals surface area contributed by atoms with Gasteiger partial charge in [0.15, 0.2) is 6.10 Å². The minimum atomic E-state index is -0.722. The van der Waals surface area contributed by atoms with Crippen LogP contribution in [-0.2, 0) is 22.4 Å². The highest BCUT2D eigenvalue weighted by molar-refractivity contribution is 5.83. The summed E-state index contributed by atoms with van der Waals surface area (Å²) < 4.78 is 16.3. The van der Waals surface area contributed by atoms with Crippen LogP contribution in [0.4, 0.5) is 0 Å². The molecule has 2 aromatic rings. The predicted octanol–water partition coefficient (Wildman–Crippen LogP) is 3.64. The maximum absolute atomic E-state index is 12.2. The second-order valence-corrected chi connectivity index (χ2v) is 7.00. The van der Waals surface area contributed by atoms with Gasteiger partial charge in [0.1, 0.15) is 11.3 Å². The fourth-order valence-corrected chi connectivity index (χ4v) is 3.12. The van der Waals surface area contributed by atoms with Gasteiger partial charge in [-0.05, 0) is 56.2 Å². The molecule has 0 saturated carbocycles. The molecule has 0 spiro atoms. The summed E-state index contributed by atoms with van der Waals surface area (Å²) >= 11 is 0. The molecular weight excluding hydrogens is 320 g/mol. The number of ether oxygens (including phenoxy) is 2. The van der Waals surface area contributed by atoms with Crippen molar-refractivity contribution in [1.82, 2.24) is 0 Å². The van der Waals surface area contributed by atoms with Crippen molar-refractivity contribution in [2.45, 2.75) is 52.6 Å². The van der Waals surface area contributed by atoms with Gasteiger partial charge in [-0.3, -0.25) is 0 Å². The van der Waals surface area contributed by atoms with Crippen molar-refractivity contribution in [3.63, 3.8) is 0 Å². The van der Waals surface area contributed by atoms with Crippen molar-refractivity contribution in [3.8, 4) is 5.75 Å². The molecule has 5 nitrogen and oxygen atoms in total. The van der Waals surface area contributed by atoms with E-state index >= 15 is 0 Å². The number of fused-ring (bicyclic) bond motifs is 3. The zero-order valence-electron chi connectivity index (χ0n) is 15.0. The molecule has 1 heterocycles. The van der Waals surface area contributed by atoms with E-state index in [0.717, 1.165) is 42.2 Å². The lowest BCUT2D eigenvalue weighted by Crippen LogP contribution is -2.27. The van der Waals surface area contributed by atoms with Crippen LogP contribution in [0.15, 0.2) is 27.4 Å². The first-order valence-corrected chi connectivity index (χ1v) is 8.87. The van der Waals surface area contributed by atoms with Crippen LogP contribution in [0.1, 0.15) is 44.7 Å². The third-order valence-corrected chi connectivity index (χ3v) is 4.40. The predicted molar refractivity (Wildman–Crippen MR) is 95.0 cm³/mol. The maximum atomic E-state index is 12.2.